The SMILES string of the molecule is CN(C)[C@@H]1CN(c2ccc(C(=O)NCCCc3ccccn3)cn2)C[C@H]1O. The number of carbonyl (C=O) groups is 1. The Hall–Kier alpha value is -2.51. The minimum absolute atomic E-state index is 0.0916. The van der Waals surface area contributed by atoms with Crippen LogP contribution in [0.15, 0.2) is 42.7 Å². The molecule has 0 unspecified atom stereocenters. The molecule has 27 heavy (non-hydrogen) atoms. The molecule has 2 atom stereocenters. The van der Waals surface area contributed by atoms with Crippen LogP contribution in [0, 0.1) is 0 Å². The van der Waals surface area contributed by atoms with Gasteiger partial charge in [0.05, 0.1) is 17.7 Å². The van der Waals surface area contributed by atoms with E-state index >= 15 is 0 Å². The molecule has 1 fully saturated rings. The van der Waals surface area contributed by atoms with Crippen molar-refractivity contribution in [1.29, 1.82) is 0 Å². The van der Waals surface area contributed by atoms with Gasteiger partial charge in [0.15, 0.2) is 0 Å². The number of hydrogen-bond acceptors (Lipinski definition) is 6. The summed E-state index contributed by atoms with van der Waals surface area (Å²) in [4.78, 5) is 25.0. The van der Waals surface area contributed by atoms with Crippen molar-refractivity contribution in [3.63, 3.8) is 0 Å². The van der Waals surface area contributed by atoms with E-state index in [4.69, 9.17) is 0 Å². The molecule has 0 aliphatic carbocycles. The molecule has 1 aliphatic rings. The second kappa shape index (κ2) is 8.92. The van der Waals surface area contributed by atoms with Crippen LogP contribution in [-0.4, -0.2) is 71.8 Å². The lowest BCUT2D eigenvalue weighted by atomic mass is 10.2. The van der Waals surface area contributed by atoms with Gasteiger partial charge in [-0.2, -0.15) is 0 Å². The summed E-state index contributed by atoms with van der Waals surface area (Å²) >= 11 is 0. The number of amides is 1. The number of nitrogens with one attached hydrogen (secondary N) is 1. The molecular formula is C20H27N5O2. The minimum atomic E-state index is -0.399. The van der Waals surface area contributed by atoms with E-state index in [2.05, 4.69) is 15.3 Å². The van der Waals surface area contributed by atoms with Gasteiger partial charge >= 0.3 is 0 Å². The monoisotopic (exact) mass is 369 g/mol. The summed E-state index contributed by atoms with van der Waals surface area (Å²) < 4.78 is 0. The van der Waals surface area contributed by atoms with E-state index in [0.717, 1.165) is 30.9 Å². The summed E-state index contributed by atoms with van der Waals surface area (Å²) in [5.41, 5.74) is 1.57. The van der Waals surface area contributed by atoms with Crippen molar-refractivity contribution in [2.45, 2.75) is 25.0 Å². The van der Waals surface area contributed by atoms with Crippen molar-refractivity contribution in [2.24, 2.45) is 0 Å². The largest absolute Gasteiger partial charge is 0.390 e. The molecule has 3 rings (SSSR count). The minimum Gasteiger partial charge on any atom is -0.390 e. The third kappa shape index (κ3) is 5.02. The van der Waals surface area contributed by atoms with Crippen LogP contribution in [-0.2, 0) is 6.42 Å². The Morgan fingerprint density at radius 3 is 2.74 bits per heavy atom. The van der Waals surface area contributed by atoms with Crippen molar-refractivity contribution < 1.29 is 9.90 Å². The summed E-state index contributed by atoms with van der Waals surface area (Å²) in [6.45, 7) is 1.87. The maximum Gasteiger partial charge on any atom is 0.252 e. The number of aromatic nitrogens is 2. The van der Waals surface area contributed by atoms with Gasteiger partial charge in [-0.25, -0.2) is 4.98 Å². The van der Waals surface area contributed by atoms with Crippen LogP contribution in [0.3, 0.4) is 0 Å². The first kappa shape index (κ1) is 19.3. The second-order valence-electron chi connectivity index (χ2n) is 7.09. The third-order valence-corrected chi connectivity index (χ3v) is 4.88. The van der Waals surface area contributed by atoms with Gasteiger partial charge in [-0.1, -0.05) is 6.07 Å². The number of pyridine rings is 2. The van der Waals surface area contributed by atoms with E-state index in [9.17, 15) is 9.90 Å². The first-order chi connectivity index (χ1) is 13.0. The van der Waals surface area contributed by atoms with E-state index in [0.29, 0.717) is 18.7 Å². The Balaban J connectivity index is 1.47. The van der Waals surface area contributed by atoms with Crippen LogP contribution in [0.1, 0.15) is 22.5 Å². The third-order valence-electron chi connectivity index (χ3n) is 4.88. The number of aliphatic hydroxyl groups excluding tert-OH is 1. The number of carbonyl (C=O) groups excluding carboxylic acids is 1. The highest BCUT2D eigenvalue weighted by Gasteiger charge is 2.33. The van der Waals surface area contributed by atoms with E-state index in [1.54, 1.807) is 18.5 Å². The van der Waals surface area contributed by atoms with Gasteiger partial charge in [0.25, 0.3) is 5.91 Å². The van der Waals surface area contributed by atoms with Crippen LogP contribution in [0.4, 0.5) is 5.82 Å². The lowest BCUT2D eigenvalue weighted by Gasteiger charge is -2.21. The van der Waals surface area contributed by atoms with Crippen molar-refractivity contribution in [1.82, 2.24) is 20.2 Å². The molecule has 1 amide bonds. The molecule has 1 saturated heterocycles. The molecule has 0 bridgehead atoms. The second-order valence-corrected chi connectivity index (χ2v) is 7.09. The highest BCUT2D eigenvalue weighted by atomic mass is 16.3. The zero-order chi connectivity index (χ0) is 19.2. The van der Waals surface area contributed by atoms with Crippen molar-refractivity contribution in [3.05, 3.63) is 54.0 Å². The summed E-state index contributed by atoms with van der Waals surface area (Å²) in [5, 5.41) is 13.1. The molecule has 3 heterocycles. The number of rotatable bonds is 7. The molecule has 0 aromatic carbocycles. The first-order valence-electron chi connectivity index (χ1n) is 9.28. The smallest absolute Gasteiger partial charge is 0.252 e. The van der Waals surface area contributed by atoms with Gasteiger partial charge in [-0.15, -0.1) is 0 Å². The average molecular weight is 369 g/mol. The number of aryl methyl sites for hydroxylation is 1. The van der Waals surface area contributed by atoms with Crippen LogP contribution < -0.4 is 10.2 Å². The van der Waals surface area contributed by atoms with Gasteiger partial charge in [-0.3, -0.25) is 9.78 Å². The fourth-order valence-electron chi connectivity index (χ4n) is 3.29. The van der Waals surface area contributed by atoms with E-state index in [1.807, 2.05) is 48.2 Å². The Morgan fingerprint density at radius 1 is 1.26 bits per heavy atom. The number of likely N-dealkylation sites (N-methyl/N-ethyl adjacent to an activating group) is 1. The predicted molar refractivity (Wildman–Crippen MR) is 105 cm³/mol. The Bertz CT molecular complexity index is 736. The molecule has 1 aliphatic heterocycles. The quantitative estimate of drug-likeness (QED) is 0.708. The van der Waals surface area contributed by atoms with E-state index in [-0.39, 0.29) is 11.9 Å². The molecule has 0 radical (unpaired) electrons. The number of hydrogen-bond donors (Lipinski definition) is 2. The lowest BCUT2D eigenvalue weighted by Crippen LogP contribution is -2.38. The molecule has 7 heteroatoms. The van der Waals surface area contributed by atoms with Crippen LogP contribution in [0.5, 0.6) is 0 Å². The van der Waals surface area contributed by atoms with Crippen molar-refractivity contribution >= 4 is 11.7 Å². The fraction of sp³-hybridized carbons (Fsp3) is 0.450. The lowest BCUT2D eigenvalue weighted by molar-refractivity contribution is 0.0952. The average Bonchev–Trinajstić information content (AvgIpc) is 3.08. The van der Waals surface area contributed by atoms with Gasteiger partial charge in [0.1, 0.15) is 5.82 Å². The first-order valence-corrected chi connectivity index (χ1v) is 9.28. The van der Waals surface area contributed by atoms with Crippen molar-refractivity contribution in [2.75, 3.05) is 38.6 Å². The molecule has 144 valence electrons. The zero-order valence-electron chi connectivity index (χ0n) is 15.9. The highest BCUT2D eigenvalue weighted by Crippen LogP contribution is 2.20. The number of nitrogens with zero attached hydrogens (tertiary/aromatic N) is 4. The summed E-state index contributed by atoms with van der Waals surface area (Å²) in [6, 6.07) is 9.56. The molecule has 0 saturated carbocycles. The Labute approximate surface area is 160 Å². The van der Waals surface area contributed by atoms with Crippen molar-refractivity contribution in [3.8, 4) is 0 Å². The van der Waals surface area contributed by atoms with Gasteiger partial charge in [0.2, 0.25) is 0 Å². The maximum atomic E-state index is 12.3. The predicted octanol–water partition coefficient (Wildman–Crippen LogP) is 0.950. The van der Waals surface area contributed by atoms with Crippen LogP contribution in [0.2, 0.25) is 0 Å². The van der Waals surface area contributed by atoms with Crippen LogP contribution >= 0.6 is 0 Å². The van der Waals surface area contributed by atoms with Crippen LogP contribution in [0.25, 0.3) is 0 Å². The number of aliphatic hydroxyl groups is 1. The molecule has 7 nitrogen and oxygen atoms in total. The zero-order valence-corrected chi connectivity index (χ0v) is 15.9. The van der Waals surface area contributed by atoms with E-state index in [1.165, 1.54) is 0 Å². The Kier molecular flexibility index (Phi) is 6.36. The molecule has 2 N–H and O–H groups in total. The van der Waals surface area contributed by atoms with Gasteiger partial charge in [-0.05, 0) is 51.2 Å². The molecule has 2 aromatic rings. The number of β-amino-alcohol motifs (C(OH)–C–C–N with tert-alkyl or cyclic N) is 1. The standard InChI is InChI=1S/C20H27N5O2/c1-24(2)17-13-25(14-18(17)26)19-9-8-15(12-23-19)20(27)22-11-5-7-16-6-3-4-10-21-16/h3-4,6,8-10,12,17-18,26H,5,7,11,13-14H2,1-2H3,(H,22,27)/t17-,18-/m1/s1. The molecule has 2 aromatic heterocycles. The topological polar surface area (TPSA) is 81.6 Å². The summed E-state index contributed by atoms with van der Waals surface area (Å²) in [6.07, 6.45) is 4.65. The maximum absolute atomic E-state index is 12.3. The normalized spacial score (nSPS) is 19.5. The van der Waals surface area contributed by atoms with Gasteiger partial charge in [0, 0.05) is 37.7 Å². The summed E-state index contributed by atoms with van der Waals surface area (Å²) in [5.74, 6) is 0.660. The highest BCUT2D eigenvalue weighted by molar-refractivity contribution is 5.94. The Morgan fingerprint density at radius 2 is 2.11 bits per heavy atom. The van der Waals surface area contributed by atoms with E-state index < -0.39 is 6.10 Å². The number of anilines is 1. The fourth-order valence-corrected chi connectivity index (χ4v) is 3.29. The summed E-state index contributed by atoms with van der Waals surface area (Å²) in [7, 11) is 3.93. The van der Waals surface area contributed by atoms with Gasteiger partial charge < -0.3 is 20.2 Å². The molecular weight excluding hydrogens is 342 g/mol. The molecule has 0 spiro atoms.